The minimum Gasteiger partial charge on any atom is -0.440 e. The molecule has 0 amide bonds. The van der Waals surface area contributed by atoms with Gasteiger partial charge in [-0.2, -0.15) is 0 Å². The molecule has 31 heavy (non-hydrogen) atoms. The molecule has 0 aliphatic rings. The van der Waals surface area contributed by atoms with Gasteiger partial charge in [0.25, 0.3) is 0 Å². The average Bonchev–Trinajstić information content (AvgIpc) is 3.28. The topological polar surface area (TPSA) is 127 Å². The van der Waals surface area contributed by atoms with E-state index in [1.54, 1.807) is 12.1 Å². The van der Waals surface area contributed by atoms with Crippen LogP contribution in [0.3, 0.4) is 0 Å². The molecule has 2 aromatic heterocycles. The quantitative estimate of drug-likeness (QED) is 0.424. The normalized spacial score (nSPS) is 13.1. The summed E-state index contributed by atoms with van der Waals surface area (Å²) in [5, 5.41) is 0. The molecule has 0 bridgehead atoms. The summed E-state index contributed by atoms with van der Waals surface area (Å²) in [6, 6.07) is 8.90. The van der Waals surface area contributed by atoms with E-state index in [9.17, 15) is 16.8 Å². The lowest BCUT2D eigenvalue weighted by Crippen LogP contribution is -2.22. The van der Waals surface area contributed by atoms with Crippen LogP contribution >= 0.6 is 0 Å². The second kappa shape index (κ2) is 7.41. The van der Waals surface area contributed by atoms with Gasteiger partial charge in [-0.3, -0.25) is 0 Å². The summed E-state index contributed by atoms with van der Waals surface area (Å²) in [4.78, 5) is 8.90. The van der Waals surface area contributed by atoms with E-state index in [1.165, 1.54) is 52.5 Å². The Bertz CT molecular complexity index is 1390. The van der Waals surface area contributed by atoms with Crippen molar-refractivity contribution in [2.75, 3.05) is 28.2 Å². The zero-order valence-electron chi connectivity index (χ0n) is 17.2. The first-order valence-corrected chi connectivity index (χ1v) is 12.0. The summed E-state index contributed by atoms with van der Waals surface area (Å²) in [6.45, 7) is 0. The van der Waals surface area contributed by atoms with Crippen molar-refractivity contribution in [2.45, 2.75) is 16.2 Å². The van der Waals surface area contributed by atoms with E-state index in [4.69, 9.17) is 8.83 Å². The summed E-state index contributed by atoms with van der Waals surface area (Å²) in [5.41, 5.74) is 1.66. The first-order chi connectivity index (χ1) is 14.5. The van der Waals surface area contributed by atoms with Gasteiger partial charge in [0.1, 0.15) is 17.5 Å². The Kier molecular flexibility index (Phi) is 5.12. The number of hydrogen-bond donors (Lipinski definition) is 0. The van der Waals surface area contributed by atoms with Gasteiger partial charge in [-0.05, 0) is 36.4 Å². The third-order valence-electron chi connectivity index (χ3n) is 4.67. The Morgan fingerprint density at radius 3 is 1.45 bits per heavy atom. The molecule has 0 fully saturated rings. The van der Waals surface area contributed by atoms with E-state index in [2.05, 4.69) is 9.97 Å². The van der Waals surface area contributed by atoms with Gasteiger partial charge < -0.3 is 8.83 Å². The second-order valence-electron chi connectivity index (χ2n) is 7.23. The molecule has 2 aromatic carbocycles. The summed E-state index contributed by atoms with van der Waals surface area (Å²) in [5.74, 6) is 0.587. The minimum atomic E-state index is -3.59. The van der Waals surface area contributed by atoms with Gasteiger partial charge in [0, 0.05) is 28.2 Å². The van der Waals surface area contributed by atoms with Crippen LogP contribution in [0.15, 0.2) is 55.0 Å². The van der Waals surface area contributed by atoms with Crippen molar-refractivity contribution in [2.24, 2.45) is 0 Å². The van der Waals surface area contributed by atoms with E-state index < -0.39 is 20.0 Å². The standard InChI is InChI=1S/C19H20N4O6S2/c1-22(2)30(24,25)12-5-7-16-14(9-12)20-18(28-16)11-19-21-15-10-13(6-8-17(15)29-19)31(26,27)23(3)4/h5-10H,11H2,1-4H3. The number of sulfonamides is 2. The molecule has 12 heteroatoms. The second-order valence-corrected chi connectivity index (χ2v) is 11.5. The van der Waals surface area contributed by atoms with Gasteiger partial charge in [-0.15, -0.1) is 0 Å². The zero-order chi connectivity index (χ0) is 22.6. The Balaban J connectivity index is 1.66. The smallest absolute Gasteiger partial charge is 0.242 e. The van der Waals surface area contributed by atoms with E-state index in [-0.39, 0.29) is 16.2 Å². The maximum Gasteiger partial charge on any atom is 0.242 e. The molecule has 0 radical (unpaired) electrons. The SMILES string of the molecule is CN(C)S(=O)(=O)c1ccc2oc(Cc3nc4cc(S(=O)(=O)N(C)C)ccc4o3)nc2c1. The number of oxazole rings is 2. The Hall–Kier alpha value is -2.80. The van der Waals surface area contributed by atoms with Gasteiger partial charge in [-0.25, -0.2) is 35.4 Å². The fourth-order valence-electron chi connectivity index (χ4n) is 2.93. The van der Waals surface area contributed by atoms with Crippen molar-refractivity contribution in [3.8, 4) is 0 Å². The highest BCUT2D eigenvalue weighted by molar-refractivity contribution is 7.89. The fraction of sp³-hybridized carbons (Fsp3) is 0.263. The van der Waals surface area contributed by atoms with E-state index in [0.29, 0.717) is 34.0 Å². The van der Waals surface area contributed by atoms with Crippen LogP contribution < -0.4 is 0 Å². The van der Waals surface area contributed by atoms with Gasteiger partial charge in [0.05, 0.1) is 9.79 Å². The Morgan fingerprint density at radius 1 is 0.710 bits per heavy atom. The van der Waals surface area contributed by atoms with Gasteiger partial charge in [-0.1, -0.05) is 0 Å². The average molecular weight is 465 g/mol. The molecule has 10 nitrogen and oxygen atoms in total. The molecule has 4 aromatic rings. The minimum absolute atomic E-state index is 0.112. The summed E-state index contributed by atoms with van der Waals surface area (Å²) >= 11 is 0. The zero-order valence-corrected chi connectivity index (χ0v) is 18.9. The first kappa shape index (κ1) is 21.4. The van der Waals surface area contributed by atoms with Crippen LogP contribution in [0.4, 0.5) is 0 Å². The van der Waals surface area contributed by atoms with Crippen molar-refractivity contribution >= 4 is 42.2 Å². The molecule has 0 spiro atoms. The first-order valence-electron chi connectivity index (χ1n) is 9.12. The molecule has 2 heterocycles. The predicted octanol–water partition coefficient (Wildman–Crippen LogP) is 2.06. The molecular weight excluding hydrogens is 444 g/mol. The maximum absolute atomic E-state index is 12.3. The molecule has 0 atom stereocenters. The lowest BCUT2D eigenvalue weighted by atomic mass is 10.3. The molecule has 0 aliphatic heterocycles. The van der Waals surface area contributed by atoms with Crippen LogP contribution in [0, 0.1) is 0 Å². The number of rotatable bonds is 6. The molecule has 0 saturated heterocycles. The maximum atomic E-state index is 12.3. The number of fused-ring (bicyclic) bond motifs is 2. The van der Waals surface area contributed by atoms with Crippen LogP contribution in [-0.2, 0) is 26.5 Å². The molecule has 0 N–H and O–H groups in total. The Labute approximate surface area is 179 Å². The highest BCUT2D eigenvalue weighted by atomic mass is 32.2. The summed E-state index contributed by atoms with van der Waals surface area (Å²) < 4.78 is 62.9. The van der Waals surface area contributed by atoms with Crippen molar-refractivity contribution in [3.63, 3.8) is 0 Å². The monoisotopic (exact) mass is 464 g/mol. The Morgan fingerprint density at radius 2 is 1.10 bits per heavy atom. The van der Waals surface area contributed by atoms with E-state index in [1.807, 2.05) is 0 Å². The van der Waals surface area contributed by atoms with Gasteiger partial charge in [0.2, 0.25) is 31.8 Å². The molecule has 0 saturated carbocycles. The summed E-state index contributed by atoms with van der Waals surface area (Å²) in [6.07, 6.45) is 0.120. The number of aromatic nitrogens is 2. The highest BCUT2D eigenvalue weighted by Crippen LogP contribution is 2.25. The number of nitrogens with zero attached hydrogens (tertiary/aromatic N) is 4. The van der Waals surface area contributed by atoms with E-state index >= 15 is 0 Å². The highest BCUT2D eigenvalue weighted by Gasteiger charge is 2.21. The predicted molar refractivity (Wildman–Crippen MR) is 113 cm³/mol. The fourth-order valence-corrected chi connectivity index (χ4v) is 4.78. The van der Waals surface area contributed by atoms with Crippen molar-refractivity contribution in [1.29, 1.82) is 0 Å². The van der Waals surface area contributed by atoms with Crippen molar-refractivity contribution in [1.82, 2.24) is 18.6 Å². The van der Waals surface area contributed by atoms with Crippen molar-refractivity contribution in [3.05, 3.63) is 48.2 Å². The van der Waals surface area contributed by atoms with Crippen LogP contribution in [-0.4, -0.2) is 63.6 Å². The van der Waals surface area contributed by atoms with Gasteiger partial charge >= 0.3 is 0 Å². The number of hydrogen-bond acceptors (Lipinski definition) is 8. The largest absolute Gasteiger partial charge is 0.440 e. The molecule has 0 aliphatic carbocycles. The molecule has 164 valence electrons. The molecular formula is C19H20N4O6S2. The third kappa shape index (κ3) is 3.82. The van der Waals surface area contributed by atoms with Crippen LogP contribution in [0.25, 0.3) is 22.2 Å². The van der Waals surface area contributed by atoms with Crippen LogP contribution in [0.2, 0.25) is 0 Å². The third-order valence-corrected chi connectivity index (χ3v) is 8.29. The van der Waals surface area contributed by atoms with Crippen LogP contribution in [0.1, 0.15) is 11.8 Å². The number of benzene rings is 2. The molecule has 4 rings (SSSR count). The van der Waals surface area contributed by atoms with Crippen molar-refractivity contribution < 1.29 is 25.7 Å². The summed E-state index contributed by atoms with van der Waals surface area (Å²) in [7, 11) is -1.36. The molecule has 0 unspecified atom stereocenters. The van der Waals surface area contributed by atoms with Crippen LogP contribution in [0.5, 0.6) is 0 Å². The lowest BCUT2D eigenvalue weighted by Gasteiger charge is -2.10. The lowest BCUT2D eigenvalue weighted by molar-refractivity contribution is 0.488. The van der Waals surface area contributed by atoms with E-state index in [0.717, 1.165) is 8.61 Å². The van der Waals surface area contributed by atoms with Gasteiger partial charge in [0.15, 0.2) is 11.2 Å².